The number of hydrogen-bond acceptors (Lipinski definition) is 6. The number of carbonyl (C=O) groups excluding carboxylic acids is 2. The maximum absolute atomic E-state index is 13.5. The fraction of sp³-hybridized carbons (Fsp3) is 0.913. The molecule has 1 aliphatic rings. The Hall–Kier alpha value is -1.07. The molecule has 1 aliphatic carbocycles. The third-order valence-corrected chi connectivity index (χ3v) is 7.92. The van der Waals surface area contributed by atoms with E-state index in [2.05, 4.69) is 12.2 Å². The molecule has 3 atom stereocenters. The van der Waals surface area contributed by atoms with Crippen molar-refractivity contribution in [1.29, 1.82) is 0 Å². The minimum Gasteiger partial charge on any atom is -0.469 e. The summed E-state index contributed by atoms with van der Waals surface area (Å²) < 4.78 is 29.7. The lowest BCUT2D eigenvalue weighted by atomic mass is 9.83. The van der Waals surface area contributed by atoms with Gasteiger partial charge in [-0.2, -0.15) is 0 Å². The topological polar surface area (TPSA) is 90.9 Å². The highest BCUT2D eigenvalue weighted by Gasteiger charge is 2.34. The fourth-order valence-corrected chi connectivity index (χ4v) is 5.65. The lowest BCUT2D eigenvalue weighted by molar-refractivity contribution is -0.147. The van der Waals surface area contributed by atoms with Crippen LogP contribution in [0, 0.1) is 11.8 Å². The molecule has 1 rings (SSSR count). The molecule has 0 spiro atoms. The Morgan fingerprint density at radius 1 is 1.13 bits per heavy atom. The van der Waals surface area contributed by atoms with Crippen molar-refractivity contribution in [2.75, 3.05) is 20.4 Å². The second-order valence-corrected chi connectivity index (χ2v) is 12.5. The first kappa shape index (κ1) is 28.0. The molecule has 0 aromatic carbocycles. The molecule has 0 heterocycles. The van der Waals surface area contributed by atoms with Crippen molar-refractivity contribution in [1.82, 2.24) is 5.32 Å². The maximum atomic E-state index is 13.5. The van der Waals surface area contributed by atoms with Crippen molar-refractivity contribution in [2.45, 2.75) is 103 Å². The van der Waals surface area contributed by atoms with Crippen LogP contribution in [0.15, 0.2) is 0 Å². The Morgan fingerprint density at radius 2 is 1.77 bits per heavy atom. The summed E-state index contributed by atoms with van der Waals surface area (Å²) in [4.78, 5) is 24.7. The molecule has 0 radical (unpaired) electrons. The average molecular weight is 462 g/mol. The van der Waals surface area contributed by atoms with Crippen LogP contribution >= 0.6 is 7.37 Å². The third-order valence-electron chi connectivity index (χ3n) is 5.74. The van der Waals surface area contributed by atoms with Gasteiger partial charge in [0.1, 0.15) is 11.4 Å². The normalized spacial score (nSPS) is 19.2. The maximum Gasteiger partial charge on any atom is 0.408 e. The predicted molar refractivity (Wildman–Crippen MR) is 123 cm³/mol. The number of methoxy groups -OCH3 is 1. The minimum atomic E-state index is -3.24. The molecular formula is C23H44NO6P. The first-order chi connectivity index (χ1) is 14.5. The van der Waals surface area contributed by atoms with Crippen LogP contribution in [-0.4, -0.2) is 43.8 Å². The van der Waals surface area contributed by atoms with Crippen LogP contribution in [-0.2, 0) is 23.4 Å². The van der Waals surface area contributed by atoms with E-state index in [1.165, 1.54) is 33.0 Å². The molecule has 31 heavy (non-hydrogen) atoms. The van der Waals surface area contributed by atoms with Gasteiger partial charge < -0.3 is 19.3 Å². The Labute approximate surface area is 188 Å². The van der Waals surface area contributed by atoms with Crippen molar-refractivity contribution < 1.29 is 28.2 Å². The number of alkyl carbamates (subject to hydrolysis) is 1. The van der Waals surface area contributed by atoms with Gasteiger partial charge in [-0.3, -0.25) is 9.36 Å². The number of unbranched alkanes of at least 4 members (excludes halogenated alkanes) is 2. The zero-order valence-corrected chi connectivity index (χ0v) is 21.3. The standard InChI is InChI=1S/C23H44NO6P/c1-7-8-10-15-20(24-22(26)30-23(2,3)4)31(6,27)29-17-19(21(25)28-5)16-18-13-11-9-12-14-18/h18-20H,7-17H2,1-6H3,(H,24,26). The van der Waals surface area contributed by atoms with E-state index in [0.29, 0.717) is 18.8 Å². The molecule has 0 aromatic rings. The van der Waals surface area contributed by atoms with E-state index in [1.54, 1.807) is 20.8 Å². The summed E-state index contributed by atoms with van der Waals surface area (Å²) in [6.45, 7) is 9.02. The number of nitrogens with one attached hydrogen (secondary N) is 1. The number of carbonyl (C=O) groups is 2. The first-order valence-electron chi connectivity index (χ1n) is 11.8. The molecular weight excluding hydrogens is 417 g/mol. The molecule has 1 N–H and O–H groups in total. The van der Waals surface area contributed by atoms with E-state index in [1.807, 2.05) is 0 Å². The molecule has 182 valence electrons. The Balaban J connectivity index is 2.80. The zero-order valence-electron chi connectivity index (χ0n) is 20.4. The van der Waals surface area contributed by atoms with Gasteiger partial charge in [0, 0.05) is 6.66 Å². The van der Waals surface area contributed by atoms with Crippen LogP contribution < -0.4 is 5.32 Å². The van der Waals surface area contributed by atoms with E-state index >= 15 is 0 Å². The minimum absolute atomic E-state index is 0.0389. The molecule has 1 fully saturated rings. The van der Waals surface area contributed by atoms with Gasteiger partial charge in [0.05, 0.1) is 19.6 Å². The van der Waals surface area contributed by atoms with Gasteiger partial charge in [0.15, 0.2) is 0 Å². The Bertz CT molecular complexity index is 597. The van der Waals surface area contributed by atoms with E-state index in [9.17, 15) is 14.2 Å². The van der Waals surface area contributed by atoms with Gasteiger partial charge in [-0.15, -0.1) is 0 Å². The second kappa shape index (κ2) is 13.5. The highest BCUT2D eigenvalue weighted by Crippen LogP contribution is 2.49. The highest BCUT2D eigenvalue weighted by molar-refractivity contribution is 7.58. The summed E-state index contributed by atoms with van der Waals surface area (Å²) in [5.74, 6) is -0.952. The van der Waals surface area contributed by atoms with Gasteiger partial charge in [-0.1, -0.05) is 58.3 Å². The van der Waals surface area contributed by atoms with Gasteiger partial charge in [-0.05, 0) is 39.5 Å². The molecule has 7 nitrogen and oxygen atoms in total. The molecule has 1 amide bonds. The van der Waals surface area contributed by atoms with Gasteiger partial charge in [-0.25, -0.2) is 4.79 Å². The second-order valence-electron chi connectivity index (χ2n) is 9.82. The van der Waals surface area contributed by atoms with Crippen molar-refractivity contribution in [2.24, 2.45) is 11.8 Å². The van der Waals surface area contributed by atoms with Crippen molar-refractivity contribution in [3.63, 3.8) is 0 Å². The zero-order chi connectivity index (χ0) is 23.5. The van der Waals surface area contributed by atoms with Crippen molar-refractivity contribution >= 4 is 19.4 Å². The Kier molecular flexibility index (Phi) is 12.2. The largest absolute Gasteiger partial charge is 0.469 e. The number of ether oxygens (including phenoxy) is 2. The van der Waals surface area contributed by atoms with Crippen molar-refractivity contribution in [3.05, 3.63) is 0 Å². The summed E-state index contributed by atoms with van der Waals surface area (Å²) in [6.07, 6.45) is 9.25. The quantitative estimate of drug-likeness (QED) is 0.214. The number of hydrogen-bond donors (Lipinski definition) is 1. The van der Waals surface area contributed by atoms with Crippen LogP contribution in [0.5, 0.6) is 0 Å². The van der Waals surface area contributed by atoms with E-state index < -0.39 is 30.8 Å². The van der Waals surface area contributed by atoms with E-state index in [4.69, 9.17) is 14.0 Å². The molecule has 0 bridgehead atoms. The molecule has 0 aromatic heterocycles. The van der Waals surface area contributed by atoms with Crippen LogP contribution in [0.2, 0.25) is 0 Å². The predicted octanol–water partition coefficient (Wildman–Crippen LogP) is 6.10. The van der Waals surface area contributed by atoms with Gasteiger partial charge in [0.2, 0.25) is 7.37 Å². The van der Waals surface area contributed by atoms with Crippen LogP contribution in [0.1, 0.15) is 91.9 Å². The van der Waals surface area contributed by atoms with E-state index in [-0.39, 0.29) is 12.6 Å². The monoisotopic (exact) mass is 461 g/mol. The lowest BCUT2D eigenvalue weighted by Gasteiger charge is -2.29. The van der Waals surface area contributed by atoms with Crippen LogP contribution in [0.25, 0.3) is 0 Å². The average Bonchev–Trinajstić information content (AvgIpc) is 2.69. The van der Waals surface area contributed by atoms with Crippen molar-refractivity contribution in [3.8, 4) is 0 Å². The number of rotatable bonds is 12. The summed E-state index contributed by atoms with van der Waals surface area (Å²) >= 11 is 0. The SMILES string of the molecule is CCCCCC(NC(=O)OC(C)(C)C)P(C)(=O)OCC(CC1CCCCC1)C(=O)OC. The summed E-state index contributed by atoms with van der Waals surface area (Å²) in [6, 6.07) is 0. The molecule has 3 unspecified atom stereocenters. The smallest absolute Gasteiger partial charge is 0.408 e. The van der Waals surface area contributed by atoms with E-state index in [0.717, 1.165) is 32.1 Å². The number of amides is 1. The van der Waals surface area contributed by atoms with Gasteiger partial charge >= 0.3 is 12.1 Å². The van der Waals surface area contributed by atoms with Gasteiger partial charge in [0.25, 0.3) is 0 Å². The molecule has 0 aliphatic heterocycles. The highest BCUT2D eigenvalue weighted by atomic mass is 31.2. The van der Waals surface area contributed by atoms with Crippen LogP contribution in [0.3, 0.4) is 0 Å². The van der Waals surface area contributed by atoms with Crippen LogP contribution in [0.4, 0.5) is 4.79 Å². The first-order valence-corrected chi connectivity index (χ1v) is 13.9. The summed E-state index contributed by atoms with van der Waals surface area (Å²) in [5, 5.41) is 2.76. The Morgan fingerprint density at radius 3 is 2.32 bits per heavy atom. The third kappa shape index (κ3) is 11.4. The molecule has 0 saturated heterocycles. The molecule has 1 saturated carbocycles. The summed E-state index contributed by atoms with van der Waals surface area (Å²) in [7, 11) is -1.86. The summed E-state index contributed by atoms with van der Waals surface area (Å²) in [5.41, 5.74) is -0.646. The fourth-order valence-electron chi connectivity index (χ4n) is 4.01. The number of esters is 1. The lowest BCUT2D eigenvalue weighted by Crippen LogP contribution is -2.39. The molecule has 8 heteroatoms.